The number of carbonyl (C=O) groups excluding carboxylic acids is 1. The number of ether oxygens (including phenoxy) is 2. The third kappa shape index (κ3) is 3.68. The van der Waals surface area contributed by atoms with Crippen LogP contribution in [0.4, 0.5) is 4.39 Å². The predicted octanol–water partition coefficient (Wildman–Crippen LogP) is 2.93. The number of nitrogens with zero attached hydrogens (tertiary/aromatic N) is 1. The lowest BCUT2D eigenvalue weighted by atomic mass is 10.1. The number of benzene rings is 2. The van der Waals surface area contributed by atoms with Gasteiger partial charge in [0.25, 0.3) is 0 Å². The van der Waals surface area contributed by atoms with Crippen molar-refractivity contribution in [3.05, 3.63) is 65.5 Å². The molecule has 1 unspecified atom stereocenters. The van der Waals surface area contributed by atoms with Crippen LogP contribution in [-0.2, 0) is 16.1 Å². The zero-order chi connectivity index (χ0) is 16.2. The topological polar surface area (TPSA) is 38.8 Å². The van der Waals surface area contributed by atoms with Crippen LogP contribution in [0.2, 0.25) is 0 Å². The molecule has 0 spiro atoms. The van der Waals surface area contributed by atoms with E-state index in [9.17, 15) is 9.18 Å². The summed E-state index contributed by atoms with van der Waals surface area (Å²) in [6.07, 6.45) is -0.230. The molecule has 1 amide bonds. The molecule has 0 radical (unpaired) electrons. The normalized spacial score (nSPS) is 18.1. The van der Waals surface area contributed by atoms with Crippen molar-refractivity contribution in [3.63, 3.8) is 0 Å². The Labute approximate surface area is 134 Å². The maximum atomic E-state index is 13.0. The standard InChI is InChI=1S/C18H18FNO3/c1-22-16-8-2-13(3-9-16)10-20-11-17(23-12-18(20)21)14-4-6-15(19)7-5-14/h2-9,17H,10-12H2,1H3. The van der Waals surface area contributed by atoms with Crippen LogP contribution in [0.5, 0.6) is 5.75 Å². The summed E-state index contributed by atoms with van der Waals surface area (Å²) < 4.78 is 23.7. The molecular weight excluding hydrogens is 297 g/mol. The molecule has 1 aliphatic heterocycles. The van der Waals surface area contributed by atoms with Crippen LogP contribution in [0, 0.1) is 5.82 Å². The van der Waals surface area contributed by atoms with Gasteiger partial charge >= 0.3 is 0 Å². The van der Waals surface area contributed by atoms with E-state index in [4.69, 9.17) is 9.47 Å². The highest BCUT2D eigenvalue weighted by Gasteiger charge is 2.27. The zero-order valence-electron chi connectivity index (χ0n) is 12.9. The Morgan fingerprint density at radius 1 is 1.17 bits per heavy atom. The summed E-state index contributed by atoms with van der Waals surface area (Å²) in [5, 5.41) is 0. The molecule has 1 atom stereocenters. The van der Waals surface area contributed by atoms with Gasteiger partial charge in [0, 0.05) is 6.54 Å². The van der Waals surface area contributed by atoms with E-state index in [-0.39, 0.29) is 24.4 Å². The first kappa shape index (κ1) is 15.5. The number of hydrogen-bond donors (Lipinski definition) is 0. The minimum Gasteiger partial charge on any atom is -0.497 e. The maximum absolute atomic E-state index is 13.0. The van der Waals surface area contributed by atoms with E-state index in [2.05, 4.69) is 0 Å². The molecule has 0 N–H and O–H groups in total. The first-order valence-corrected chi connectivity index (χ1v) is 7.43. The van der Waals surface area contributed by atoms with Crippen molar-refractivity contribution in [1.29, 1.82) is 0 Å². The number of methoxy groups -OCH3 is 1. The summed E-state index contributed by atoms with van der Waals surface area (Å²) in [5.74, 6) is 0.459. The van der Waals surface area contributed by atoms with Crippen LogP contribution in [0.1, 0.15) is 17.2 Å². The second kappa shape index (κ2) is 6.79. The van der Waals surface area contributed by atoms with Gasteiger partial charge in [-0.05, 0) is 35.4 Å². The van der Waals surface area contributed by atoms with E-state index in [0.29, 0.717) is 13.1 Å². The maximum Gasteiger partial charge on any atom is 0.249 e. The zero-order valence-corrected chi connectivity index (χ0v) is 12.9. The molecule has 1 fully saturated rings. The number of amides is 1. The van der Waals surface area contributed by atoms with Gasteiger partial charge in [-0.15, -0.1) is 0 Å². The average molecular weight is 315 g/mol. The van der Waals surface area contributed by atoms with Crippen LogP contribution in [0.25, 0.3) is 0 Å². The third-order valence-electron chi connectivity index (χ3n) is 3.92. The van der Waals surface area contributed by atoms with Gasteiger partial charge in [-0.3, -0.25) is 4.79 Å². The lowest BCUT2D eigenvalue weighted by Crippen LogP contribution is -2.42. The second-order valence-corrected chi connectivity index (χ2v) is 5.47. The Hall–Kier alpha value is -2.40. The molecule has 1 saturated heterocycles. The second-order valence-electron chi connectivity index (χ2n) is 5.47. The molecule has 23 heavy (non-hydrogen) atoms. The minimum absolute atomic E-state index is 0.0399. The van der Waals surface area contributed by atoms with Crippen molar-refractivity contribution in [1.82, 2.24) is 4.90 Å². The summed E-state index contributed by atoms with van der Waals surface area (Å²) in [6, 6.07) is 13.8. The van der Waals surface area contributed by atoms with Crippen molar-refractivity contribution >= 4 is 5.91 Å². The quantitative estimate of drug-likeness (QED) is 0.871. The fourth-order valence-corrected chi connectivity index (χ4v) is 2.60. The van der Waals surface area contributed by atoms with Crippen molar-refractivity contribution < 1.29 is 18.7 Å². The Morgan fingerprint density at radius 3 is 2.52 bits per heavy atom. The third-order valence-corrected chi connectivity index (χ3v) is 3.92. The molecule has 2 aromatic rings. The van der Waals surface area contributed by atoms with E-state index in [1.807, 2.05) is 24.3 Å². The Balaban J connectivity index is 1.70. The van der Waals surface area contributed by atoms with Gasteiger partial charge in [0.15, 0.2) is 0 Å². The van der Waals surface area contributed by atoms with Gasteiger partial charge in [-0.2, -0.15) is 0 Å². The van der Waals surface area contributed by atoms with E-state index < -0.39 is 0 Å². The van der Waals surface area contributed by atoms with Gasteiger partial charge in [0.1, 0.15) is 24.3 Å². The van der Waals surface area contributed by atoms with Gasteiger partial charge in [-0.1, -0.05) is 24.3 Å². The molecule has 0 saturated carbocycles. The monoisotopic (exact) mass is 315 g/mol. The molecular formula is C18H18FNO3. The first-order chi connectivity index (χ1) is 11.2. The van der Waals surface area contributed by atoms with E-state index in [1.54, 1.807) is 24.1 Å². The number of rotatable bonds is 4. The molecule has 2 aromatic carbocycles. The van der Waals surface area contributed by atoms with Gasteiger partial charge in [0.2, 0.25) is 5.91 Å². The number of halogens is 1. The Morgan fingerprint density at radius 2 is 1.87 bits per heavy atom. The number of hydrogen-bond acceptors (Lipinski definition) is 3. The van der Waals surface area contributed by atoms with Gasteiger partial charge in [-0.25, -0.2) is 4.39 Å². The number of morpholine rings is 1. The highest BCUT2D eigenvalue weighted by molar-refractivity contribution is 5.78. The van der Waals surface area contributed by atoms with Crippen molar-refractivity contribution in [2.75, 3.05) is 20.3 Å². The summed E-state index contributed by atoms with van der Waals surface area (Å²) in [5.41, 5.74) is 1.90. The van der Waals surface area contributed by atoms with E-state index >= 15 is 0 Å². The molecule has 0 aliphatic carbocycles. The van der Waals surface area contributed by atoms with Crippen LogP contribution in [-0.4, -0.2) is 31.1 Å². The summed E-state index contributed by atoms with van der Waals surface area (Å²) in [4.78, 5) is 13.8. The minimum atomic E-state index is -0.282. The van der Waals surface area contributed by atoms with Gasteiger partial charge in [0.05, 0.1) is 13.7 Å². The smallest absolute Gasteiger partial charge is 0.249 e. The fraction of sp³-hybridized carbons (Fsp3) is 0.278. The van der Waals surface area contributed by atoms with Crippen LogP contribution < -0.4 is 4.74 Å². The summed E-state index contributed by atoms with van der Waals surface area (Å²) in [7, 11) is 1.62. The summed E-state index contributed by atoms with van der Waals surface area (Å²) >= 11 is 0. The average Bonchev–Trinajstić information content (AvgIpc) is 2.58. The van der Waals surface area contributed by atoms with Crippen molar-refractivity contribution in [2.24, 2.45) is 0 Å². The molecule has 0 bridgehead atoms. The molecule has 120 valence electrons. The lowest BCUT2D eigenvalue weighted by molar-refractivity contribution is -0.150. The molecule has 4 nitrogen and oxygen atoms in total. The first-order valence-electron chi connectivity index (χ1n) is 7.43. The molecule has 1 heterocycles. The number of carbonyl (C=O) groups is 1. The highest BCUT2D eigenvalue weighted by atomic mass is 19.1. The predicted molar refractivity (Wildman–Crippen MR) is 83.5 cm³/mol. The Kier molecular flexibility index (Phi) is 4.57. The largest absolute Gasteiger partial charge is 0.497 e. The molecule has 5 heteroatoms. The van der Waals surface area contributed by atoms with Crippen LogP contribution >= 0.6 is 0 Å². The fourth-order valence-electron chi connectivity index (χ4n) is 2.60. The SMILES string of the molecule is COc1ccc(CN2CC(c3ccc(F)cc3)OCC2=O)cc1. The van der Waals surface area contributed by atoms with Gasteiger partial charge < -0.3 is 14.4 Å². The summed E-state index contributed by atoms with van der Waals surface area (Å²) in [6.45, 7) is 1.01. The molecule has 0 aromatic heterocycles. The van der Waals surface area contributed by atoms with Crippen molar-refractivity contribution in [3.8, 4) is 5.75 Å². The van der Waals surface area contributed by atoms with Crippen LogP contribution in [0.3, 0.4) is 0 Å². The van der Waals surface area contributed by atoms with Crippen molar-refractivity contribution in [2.45, 2.75) is 12.6 Å². The molecule has 3 rings (SSSR count). The van der Waals surface area contributed by atoms with Crippen LogP contribution in [0.15, 0.2) is 48.5 Å². The molecule has 1 aliphatic rings. The Bertz CT molecular complexity index is 670. The lowest BCUT2D eigenvalue weighted by Gasteiger charge is -2.33. The highest BCUT2D eigenvalue weighted by Crippen LogP contribution is 2.24. The van der Waals surface area contributed by atoms with E-state index in [0.717, 1.165) is 16.9 Å². The van der Waals surface area contributed by atoms with E-state index in [1.165, 1.54) is 12.1 Å².